The minimum atomic E-state index is -0.740. The number of hydrogen-bond acceptors (Lipinski definition) is 4. The van der Waals surface area contributed by atoms with Gasteiger partial charge in [0.2, 0.25) is 11.4 Å². The second-order valence-electron chi connectivity index (χ2n) is 10.6. The van der Waals surface area contributed by atoms with Crippen LogP contribution in [0, 0.1) is 18.8 Å². The van der Waals surface area contributed by atoms with Gasteiger partial charge in [0.05, 0.1) is 34.3 Å². The molecule has 42 heavy (non-hydrogen) atoms. The second kappa shape index (κ2) is 10.2. The number of para-hydroxylation sites is 2. The maximum Gasteiger partial charge on any atom is 0.238 e. The summed E-state index contributed by atoms with van der Waals surface area (Å²) in [4.78, 5) is 14.3. The number of ketones is 1. The number of hydrogen-bond donors (Lipinski definition) is 1. The zero-order chi connectivity index (χ0) is 28.8. The smallest absolute Gasteiger partial charge is 0.238 e. The number of allylic oxidation sites excluding steroid dienone is 2. The normalized spacial score (nSPS) is 18.3. The molecule has 6 heteroatoms. The van der Waals surface area contributed by atoms with Crippen molar-refractivity contribution in [2.75, 3.05) is 0 Å². The number of aromatic nitrogens is 2. The van der Waals surface area contributed by atoms with E-state index in [0.717, 1.165) is 39.6 Å². The number of carbonyl (C=O) groups is 1. The Labute approximate surface area is 244 Å². The van der Waals surface area contributed by atoms with Gasteiger partial charge in [-0.3, -0.25) is 4.79 Å². The average Bonchev–Trinajstić information content (AvgIpc) is 3.55. The Morgan fingerprint density at radius 3 is 1.86 bits per heavy atom. The summed E-state index contributed by atoms with van der Waals surface area (Å²) in [6.45, 7) is 3.83. The van der Waals surface area contributed by atoms with Crippen molar-refractivity contribution in [3.8, 4) is 16.9 Å². The molecule has 204 valence electrons. The van der Waals surface area contributed by atoms with Crippen molar-refractivity contribution in [2.45, 2.75) is 13.8 Å². The van der Waals surface area contributed by atoms with Crippen LogP contribution in [0.2, 0.25) is 0 Å². The van der Waals surface area contributed by atoms with E-state index in [1.807, 2.05) is 145 Å². The number of carbonyl (C=O) groups excluding carboxylic acids is 1. The Bertz CT molecular complexity index is 1910. The van der Waals surface area contributed by atoms with Crippen LogP contribution in [0.3, 0.4) is 0 Å². The highest BCUT2D eigenvalue weighted by atomic mass is 16.3. The van der Waals surface area contributed by atoms with E-state index in [1.165, 1.54) is 0 Å². The molecule has 1 aliphatic heterocycles. The van der Waals surface area contributed by atoms with Crippen LogP contribution in [0.1, 0.15) is 23.7 Å². The fraction of sp³-hybridized carbons (Fsp3) is 0.111. The maximum atomic E-state index is 14.3. The second-order valence-corrected chi connectivity index (χ2v) is 10.6. The number of rotatable bonds is 6. The van der Waals surface area contributed by atoms with Gasteiger partial charge in [0.25, 0.3) is 0 Å². The first-order valence-corrected chi connectivity index (χ1v) is 14.1. The highest BCUT2D eigenvalue weighted by Gasteiger charge is 2.54. The quantitative estimate of drug-likeness (QED) is 0.229. The van der Waals surface area contributed by atoms with Gasteiger partial charge < -0.3 is 5.11 Å². The zero-order valence-corrected chi connectivity index (χ0v) is 23.3. The first-order chi connectivity index (χ1) is 20.5. The molecule has 0 radical (unpaired) electrons. The number of nitrogens with zero attached hydrogens (tertiary/aromatic N) is 4. The van der Waals surface area contributed by atoms with E-state index in [4.69, 9.17) is 10.2 Å². The van der Waals surface area contributed by atoms with Crippen molar-refractivity contribution < 1.29 is 14.6 Å². The van der Waals surface area contributed by atoms with Gasteiger partial charge in [0, 0.05) is 28.8 Å². The molecule has 2 atom stereocenters. The Balaban J connectivity index is 1.40. The molecule has 0 bridgehead atoms. The summed E-state index contributed by atoms with van der Waals surface area (Å²) in [5, 5.41) is 21.6. The third-order valence-corrected chi connectivity index (χ3v) is 8.07. The third kappa shape index (κ3) is 4.03. The van der Waals surface area contributed by atoms with Crippen LogP contribution in [-0.4, -0.2) is 36.8 Å². The molecule has 0 saturated heterocycles. The number of aliphatic hydroxyl groups is 1. The van der Waals surface area contributed by atoms with Crippen LogP contribution in [0.4, 0.5) is 5.69 Å². The molecule has 7 rings (SSSR count). The predicted octanol–water partition coefficient (Wildman–Crippen LogP) is 7.15. The Kier molecular flexibility index (Phi) is 6.24. The Hall–Kier alpha value is -5.36. The summed E-state index contributed by atoms with van der Waals surface area (Å²) in [5.74, 6) is -1.18. The van der Waals surface area contributed by atoms with Gasteiger partial charge >= 0.3 is 0 Å². The lowest BCUT2D eigenvalue weighted by Gasteiger charge is -2.31. The van der Waals surface area contributed by atoms with Crippen molar-refractivity contribution in [1.82, 2.24) is 9.78 Å². The highest BCUT2D eigenvalue weighted by molar-refractivity contribution is 6.34. The highest BCUT2D eigenvalue weighted by Crippen LogP contribution is 2.47. The van der Waals surface area contributed by atoms with Gasteiger partial charge in [-0.2, -0.15) is 5.10 Å². The maximum absolute atomic E-state index is 14.3. The summed E-state index contributed by atoms with van der Waals surface area (Å²) in [6, 6.07) is 39.6. The summed E-state index contributed by atoms with van der Waals surface area (Å²) < 4.78 is 3.77. The van der Waals surface area contributed by atoms with Crippen molar-refractivity contribution in [2.24, 2.45) is 16.9 Å². The average molecular weight is 550 g/mol. The van der Waals surface area contributed by atoms with Crippen LogP contribution in [0.5, 0.6) is 0 Å². The van der Waals surface area contributed by atoms with E-state index in [1.54, 1.807) is 0 Å². The molecule has 1 aliphatic carbocycles. The fourth-order valence-corrected chi connectivity index (χ4v) is 6.17. The molecule has 1 aromatic heterocycles. The molecule has 2 unspecified atom stereocenters. The largest absolute Gasteiger partial charge is 0.511 e. The topological polar surface area (TPSA) is 70.5 Å². The molecule has 0 spiro atoms. The van der Waals surface area contributed by atoms with Crippen LogP contribution in [0.25, 0.3) is 22.5 Å². The van der Waals surface area contributed by atoms with Gasteiger partial charge in [0.15, 0.2) is 5.78 Å². The lowest BCUT2D eigenvalue weighted by molar-refractivity contribution is -0.442. The molecule has 4 aromatic carbocycles. The lowest BCUT2D eigenvalue weighted by atomic mass is 9.68. The molecular formula is C36H29N4O2+. The summed E-state index contributed by atoms with van der Waals surface area (Å²) in [6.07, 6.45) is 0. The minimum absolute atomic E-state index is 0.0794. The number of hydrazone groups is 1. The Morgan fingerprint density at radius 1 is 0.714 bits per heavy atom. The van der Waals surface area contributed by atoms with Gasteiger partial charge in [0.1, 0.15) is 11.7 Å². The summed E-state index contributed by atoms with van der Waals surface area (Å²) >= 11 is 0. The van der Waals surface area contributed by atoms with Gasteiger partial charge in [-0.15, -0.1) is 0 Å². The summed E-state index contributed by atoms with van der Waals surface area (Å²) in [5.41, 5.74) is 7.77. The lowest BCUT2D eigenvalue weighted by Crippen LogP contribution is -2.42. The van der Waals surface area contributed by atoms with Gasteiger partial charge in [-0.05, 0) is 47.9 Å². The Morgan fingerprint density at radius 2 is 1.26 bits per heavy atom. The minimum Gasteiger partial charge on any atom is -0.511 e. The molecular weight excluding hydrogens is 520 g/mol. The number of Topliss-reactive ketones (excluding diaryl/α,β-unsaturated/α-hetero) is 1. The van der Waals surface area contributed by atoms with E-state index in [2.05, 4.69) is 0 Å². The fourth-order valence-electron chi connectivity index (χ4n) is 6.17. The SMILES string of the molecule is CC1=N[N+](c2ccccc2)=C(c2ccccc2)C1C1C(=O)C(c2c(C)nn(-c3ccccc3)c2-c2ccccc2)=C1O. The van der Waals surface area contributed by atoms with Crippen LogP contribution >= 0.6 is 0 Å². The van der Waals surface area contributed by atoms with E-state index in [0.29, 0.717) is 16.8 Å². The molecule has 2 aliphatic rings. The predicted molar refractivity (Wildman–Crippen MR) is 165 cm³/mol. The molecule has 0 fully saturated rings. The van der Waals surface area contributed by atoms with Crippen molar-refractivity contribution in [3.05, 3.63) is 144 Å². The molecule has 1 N–H and O–H groups in total. The third-order valence-electron chi connectivity index (χ3n) is 8.07. The first kappa shape index (κ1) is 25.6. The monoisotopic (exact) mass is 549 g/mol. The van der Waals surface area contributed by atoms with Crippen molar-refractivity contribution >= 4 is 28.5 Å². The van der Waals surface area contributed by atoms with E-state index < -0.39 is 11.8 Å². The van der Waals surface area contributed by atoms with E-state index in [9.17, 15) is 9.90 Å². The first-order valence-electron chi connectivity index (χ1n) is 14.1. The van der Waals surface area contributed by atoms with E-state index in [-0.39, 0.29) is 11.5 Å². The van der Waals surface area contributed by atoms with Crippen molar-refractivity contribution in [3.63, 3.8) is 0 Å². The van der Waals surface area contributed by atoms with Crippen LogP contribution in [0.15, 0.2) is 132 Å². The molecule has 0 amide bonds. The van der Waals surface area contributed by atoms with Crippen molar-refractivity contribution in [1.29, 1.82) is 0 Å². The van der Waals surface area contributed by atoms with Gasteiger partial charge in [-0.1, -0.05) is 84.9 Å². The molecule has 6 nitrogen and oxygen atoms in total. The molecule has 0 saturated carbocycles. The zero-order valence-electron chi connectivity index (χ0n) is 23.3. The number of aryl methyl sites for hydroxylation is 1. The number of aliphatic hydroxyl groups excluding tert-OH is 1. The van der Waals surface area contributed by atoms with Crippen LogP contribution in [-0.2, 0) is 4.79 Å². The summed E-state index contributed by atoms with van der Waals surface area (Å²) in [7, 11) is 0. The number of benzene rings is 4. The van der Waals surface area contributed by atoms with E-state index >= 15 is 0 Å². The molecule has 2 heterocycles. The van der Waals surface area contributed by atoms with Crippen LogP contribution < -0.4 is 0 Å². The standard InChI is InChI=1S/C36H28N4O2/c1-23-29(33(25-15-7-3-8-16-25)39(37-23)27-19-11-5-12-20-27)31-35(41)32(36(31)42)30-24(2)38-40(28-21-13-6-14-22-28)34(30)26-17-9-4-10-18-26/h3-22,29,31H,1-2H3/p+1. The molecule has 5 aromatic rings. The van der Waals surface area contributed by atoms with Gasteiger partial charge in [-0.25, -0.2) is 4.68 Å².